The molecule has 1 fully saturated rings. The first-order chi connectivity index (χ1) is 22.6. The molecule has 0 bridgehead atoms. The van der Waals surface area contributed by atoms with Gasteiger partial charge in [-0.1, -0.05) is 19.6 Å². The van der Waals surface area contributed by atoms with Crippen molar-refractivity contribution in [1.82, 2.24) is 29.0 Å². The Labute approximate surface area is 274 Å². The third-order valence-corrected chi connectivity index (χ3v) is 8.83. The average Bonchev–Trinajstić information content (AvgIpc) is 3.57. The van der Waals surface area contributed by atoms with Crippen molar-refractivity contribution >= 4 is 40.0 Å². The van der Waals surface area contributed by atoms with E-state index in [1.54, 1.807) is 28.4 Å². The lowest BCUT2D eigenvalue weighted by atomic mass is 9.88. The summed E-state index contributed by atoms with van der Waals surface area (Å²) in [6, 6.07) is 6.77. The van der Waals surface area contributed by atoms with E-state index in [1.807, 2.05) is 45.2 Å². The molecule has 1 aromatic carbocycles. The van der Waals surface area contributed by atoms with E-state index in [1.165, 1.54) is 17.9 Å². The molecular formula is C35H34F3N7O3. The summed E-state index contributed by atoms with van der Waals surface area (Å²) in [7, 11) is 0. The van der Waals surface area contributed by atoms with Crippen LogP contribution in [0.4, 0.5) is 19.0 Å². The van der Waals surface area contributed by atoms with Crippen LogP contribution in [-0.2, 0) is 22.3 Å². The zero-order valence-corrected chi connectivity index (χ0v) is 27.1. The molecule has 2 atom stereocenters. The fourth-order valence-corrected chi connectivity index (χ4v) is 6.43. The zero-order valence-electron chi connectivity index (χ0n) is 27.1. The predicted octanol–water partition coefficient (Wildman–Crippen LogP) is 6.67. The lowest BCUT2D eigenvalue weighted by Gasteiger charge is -2.40. The number of alkyl halides is 3. The highest BCUT2D eigenvalue weighted by Crippen LogP contribution is 2.35. The van der Waals surface area contributed by atoms with Crippen LogP contribution >= 0.6 is 0 Å². The number of fused-ring (bicyclic) bond motifs is 2. The topological polar surface area (TPSA) is 114 Å². The van der Waals surface area contributed by atoms with Gasteiger partial charge in [0.2, 0.25) is 11.8 Å². The van der Waals surface area contributed by atoms with Crippen LogP contribution < -0.4 is 5.32 Å². The van der Waals surface area contributed by atoms with Crippen molar-refractivity contribution in [1.29, 1.82) is 0 Å². The second-order valence-corrected chi connectivity index (χ2v) is 12.5. The van der Waals surface area contributed by atoms with Crippen molar-refractivity contribution in [2.75, 3.05) is 5.32 Å². The summed E-state index contributed by atoms with van der Waals surface area (Å²) < 4.78 is 43.5. The Kier molecular flexibility index (Phi) is 8.18. The smallest absolute Gasteiger partial charge is 0.337 e. The van der Waals surface area contributed by atoms with Gasteiger partial charge in [-0.05, 0) is 81.3 Å². The monoisotopic (exact) mass is 657 g/mol. The summed E-state index contributed by atoms with van der Waals surface area (Å²) in [4.78, 5) is 50.1. The van der Waals surface area contributed by atoms with Crippen LogP contribution in [0.2, 0.25) is 0 Å². The van der Waals surface area contributed by atoms with Crippen molar-refractivity contribution in [2.45, 2.75) is 66.2 Å². The minimum absolute atomic E-state index is 0.184. The van der Waals surface area contributed by atoms with E-state index >= 15 is 0 Å². The molecule has 0 saturated carbocycles. The molecule has 0 aliphatic carbocycles. The summed E-state index contributed by atoms with van der Waals surface area (Å²) in [6.45, 7) is 12.4. The maximum atomic E-state index is 14.1. The lowest BCUT2D eigenvalue weighted by Crippen LogP contribution is -2.53. The largest absolute Gasteiger partial charge is 0.433 e. The number of carbonyl (C=O) groups is 3. The molecule has 48 heavy (non-hydrogen) atoms. The fourth-order valence-electron chi connectivity index (χ4n) is 6.43. The van der Waals surface area contributed by atoms with Crippen LogP contribution in [0.1, 0.15) is 59.6 Å². The highest BCUT2D eigenvalue weighted by atomic mass is 19.4. The first-order valence-electron chi connectivity index (χ1n) is 15.4. The number of nitrogens with zero attached hydrogens (tertiary/aromatic N) is 6. The number of halogens is 3. The van der Waals surface area contributed by atoms with Crippen LogP contribution in [0, 0.1) is 26.7 Å². The second kappa shape index (κ2) is 12.0. The van der Waals surface area contributed by atoms with E-state index in [2.05, 4.69) is 27.0 Å². The van der Waals surface area contributed by atoms with Gasteiger partial charge >= 0.3 is 6.18 Å². The third-order valence-electron chi connectivity index (χ3n) is 8.83. The normalized spacial score (nSPS) is 16.9. The number of anilines is 1. The number of amides is 2. The number of ketones is 1. The Balaban J connectivity index is 1.34. The van der Waals surface area contributed by atoms with Gasteiger partial charge in [-0.2, -0.15) is 18.3 Å². The number of benzene rings is 1. The van der Waals surface area contributed by atoms with E-state index in [9.17, 15) is 27.6 Å². The summed E-state index contributed by atoms with van der Waals surface area (Å²) in [5.41, 5.74) is 4.72. The minimum Gasteiger partial charge on any atom is -0.337 e. The molecule has 5 aromatic rings. The van der Waals surface area contributed by atoms with Crippen LogP contribution in [0.15, 0.2) is 61.2 Å². The number of aryl methyl sites for hydroxylation is 3. The van der Waals surface area contributed by atoms with Crippen molar-refractivity contribution in [3.8, 4) is 11.1 Å². The molecule has 13 heteroatoms. The van der Waals surface area contributed by atoms with Gasteiger partial charge in [0.25, 0.3) is 0 Å². The van der Waals surface area contributed by atoms with Crippen LogP contribution in [-0.4, -0.2) is 52.7 Å². The third kappa shape index (κ3) is 5.96. The molecular weight excluding hydrogens is 623 g/mol. The van der Waals surface area contributed by atoms with Crippen molar-refractivity contribution in [3.63, 3.8) is 0 Å². The predicted molar refractivity (Wildman–Crippen MR) is 174 cm³/mol. The highest BCUT2D eigenvalue weighted by Gasteiger charge is 2.40. The van der Waals surface area contributed by atoms with Crippen molar-refractivity contribution in [3.05, 3.63) is 89.3 Å². The number of nitrogens with one attached hydrogen (secondary N) is 1. The second-order valence-electron chi connectivity index (χ2n) is 12.5. The number of allylic oxidation sites excluding steroid dienone is 1. The first kappa shape index (κ1) is 32.6. The van der Waals surface area contributed by atoms with Crippen LogP contribution in [0.3, 0.4) is 0 Å². The van der Waals surface area contributed by atoms with Gasteiger partial charge in [0.15, 0.2) is 11.4 Å². The lowest BCUT2D eigenvalue weighted by molar-refractivity contribution is -0.141. The van der Waals surface area contributed by atoms with Gasteiger partial charge in [0.05, 0.1) is 11.2 Å². The summed E-state index contributed by atoms with van der Waals surface area (Å²) >= 11 is 0. The molecule has 4 aromatic heterocycles. The Morgan fingerprint density at radius 1 is 1.04 bits per heavy atom. The molecule has 1 saturated heterocycles. The van der Waals surface area contributed by atoms with Gasteiger partial charge in [-0.3, -0.25) is 14.4 Å². The summed E-state index contributed by atoms with van der Waals surface area (Å²) in [5, 5.41) is 7.65. The van der Waals surface area contributed by atoms with Gasteiger partial charge in [-0.25, -0.2) is 14.5 Å². The maximum absolute atomic E-state index is 14.1. The molecule has 5 heterocycles. The highest BCUT2D eigenvalue weighted by molar-refractivity contribution is 6.09. The van der Waals surface area contributed by atoms with Gasteiger partial charge in [0, 0.05) is 46.9 Å². The molecule has 248 valence electrons. The Hall–Kier alpha value is -5.33. The van der Waals surface area contributed by atoms with E-state index in [-0.39, 0.29) is 24.1 Å². The molecule has 1 unspecified atom stereocenters. The number of piperidine rings is 1. The van der Waals surface area contributed by atoms with E-state index < -0.39 is 29.7 Å². The van der Waals surface area contributed by atoms with E-state index in [0.29, 0.717) is 46.2 Å². The standard InChI is InChI=1S/C35H34F3N7O3/c1-18-7-9-22(5)45(32(18)34(48)41-33-19(2)8-10-28(40-33)35(36,37)38)30(47)17-43-16-27(23(6)46)26-13-24(11-20(3)31(26)43)25-14-39-29-12-21(4)42-44(29)15-25/h8,10-16,18,32H,5,7,9,17H2,1-4,6H3,(H,40,41,48)/t18?,32-/m0/s1. The molecule has 10 nitrogen and oxygen atoms in total. The first-order valence-corrected chi connectivity index (χ1v) is 15.4. The number of rotatable bonds is 6. The Morgan fingerprint density at radius 3 is 2.50 bits per heavy atom. The molecule has 2 amide bonds. The van der Waals surface area contributed by atoms with Crippen molar-refractivity contribution < 1.29 is 27.6 Å². The van der Waals surface area contributed by atoms with E-state index in [4.69, 9.17) is 0 Å². The van der Waals surface area contributed by atoms with Gasteiger partial charge in [-0.15, -0.1) is 0 Å². The van der Waals surface area contributed by atoms with Crippen molar-refractivity contribution in [2.24, 2.45) is 5.92 Å². The molecule has 0 radical (unpaired) electrons. The number of carbonyl (C=O) groups excluding carboxylic acids is 3. The quantitative estimate of drug-likeness (QED) is 0.204. The number of hydrogen-bond acceptors (Lipinski definition) is 6. The summed E-state index contributed by atoms with van der Waals surface area (Å²) in [5.74, 6) is -1.84. The number of Topliss-reactive ketones (excluding diaryl/α,β-unsaturated/α-hetero) is 1. The van der Waals surface area contributed by atoms with Gasteiger partial charge < -0.3 is 14.8 Å². The molecule has 1 aliphatic heterocycles. The fraction of sp³-hybridized carbons (Fsp3) is 0.314. The van der Waals surface area contributed by atoms with Crippen LogP contribution in [0.5, 0.6) is 0 Å². The van der Waals surface area contributed by atoms with Gasteiger partial charge in [0.1, 0.15) is 24.1 Å². The number of likely N-dealkylation sites (tertiary alicyclic amines) is 1. The zero-order chi connectivity index (χ0) is 34.7. The molecule has 1 aliphatic rings. The molecule has 0 spiro atoms. The summed E-state index contributed by atoms with van der Waals surface area (Å²) in [6.07, 6.45) is 1.57. The van der Waals surface area contributed by atoms with Crippen LogP contribution in [0.25, 0.3) is 27.7 Å². The Morgan fingerprint density at radius 2 is 1.79 bits per heavy atom. The number of aromatic nitrogens is 5. The maximum Gasteiger partial charge on any atom is 0.433 e. The Bertz CT molecular complexity index is 2150. The molecule has 6 rings (SSSR count). The molecule has 1 N–H and O–H groups in total. The van der Waals surface area contributed by atoms with E-state index in [0.717, 1.165) is 28.5 Å². The minimum atomic E-state index is -4.69. The number of pyridine rings is 1. The average molecular weight is 658 g/mol. The number of hydrogen-bond donors (Lipinski definition) is 1. The SMILES string of the molecule is C=C1CCC(C)[C@@H](C(=O)Nc2nc(C(F)(F)F)ccc2C)N1C(=O)Cn1cc(C(C)=O)c2cc(-c3cnc4cc(C)nn4c3)cc(C)c21.